The first-order valence-electron chi connectivity index (χ1n) is 10.8. The number of nitriles is 1. The van der Waals surface area contributed by atoms with Crippen molar-refractivity contribution in [1.29, 1.82) is 5.26 Å². The van der Waals surface area contributed by atoms with Gasteiger partial charge in [0.2, 0.25) is 0 Å². The Morgan fingerprint density at radius 2 is 1.84 bits per heavy atom. The zero-order chi connectivity index (χ0) is 22.5. The van der Waals surface area contributed by atoms with Crippen molar-refractivity contribution in [2.45, 2.75) is 12.6 Å². The summed E-state index contributed by atoms with van der Waals surface area (Å²) in [7, 11) is 3.69. The van der Waals surface area contributed by atoms with E-state index in [0.29, 0.717) is 24.5 Å². The summed E-state index contributed by atoms with van der Waals surface area (Å²) in [5.74, 6) is 0.309. The first-order chi connectivity index (χ1) is 15.6. The Morgan fingerprint density at radius 3 is 2.56 bits per heavy atom. The lowest BCUT2D eigenvalue weighted by Gasteiger charge is -2.38. The fourth-order valence-corrected chi connectivity index (χ4v) is 4.40. The maximum atomic E-state index is 14.0. The third-order valence-corrected chi connectivity index (χ3v) is 6.16. The number of hydrogen-bond acceptors (Lipinski definition) is 5. The van der Waals surface area contributed by atoms with Gasteiger partial charge in [0.05, 0.1) is 31.9 Å². The van der Waals surface area contributed by atoms with Gasteiger partial charge in [-0.3, -0.25) is 4.90 Å². The Kier molecular flexibility index (Phi) is 7.01. The first kappa shape index (κ1) is 22.2. The third kappa shape index (κ3) is 4.76. The monoisotopic (exact) mass is 433 g/mol. The van der Waals surface area contributed by atoms with Gasteiger partial charge in [-0.1, -0.05) is 36.4 Å². The predicted molar refractivity (Wildman–Crippen MR) is 123 cm³/mol. The minimum atomic E-state index is -0.240. The molecule has 32 heavy (non-hydrogen) atoms. The number of ether oxygens (including phenoxy) is 2. The normalized spacial score (nSPS) is 16.1. The van der Waals surface area contributed by atoms with Gasteiger partial charge in [0.15, 0.2) is 0 Å². The summed E-state index contributed by atoms with van der Waals surface area (Å²) < 4.78 is 25.8. The van der Waals surface area contributed by atoms with E-state index in [1.807, 2.05) is 36.4 Å². The van der Waals surface area contributed by atoms with E-state index in [1.165, 1.54) is 6.07 Å². The van der Waals surface area contributed by atoms with Crippen LogP contribution in [0.5, 0.6) is 5.75 Å². The van der Waals surface area contributed by atoms with Gasteiger partial charge in [0.1, 0.15) is 17.6 Å². The molecule has 6 heteroatoms. The molecule has 1 unspecified atom stereocenters. The van der Waals surface area contributed by atoms with Crippen LogP contribution < -0.4 is 4.74 Å². The average Bonchev–Trinajstić information content (AvgIpc) is 2.82. The third-order valence-electron chi connectivity index (χ3n) is 6.16. The van der Waals surface area contributed by atoms with Crippen LogP contribution in [-0.2, 0) is 11.3 Å². The molecule has 0 bridgehead atoms. The number of nitrogens with zero attached hydrogens (tertiary/aromatic N) is 3. The van der Waals surface area contributed by atoms with Crippen molar-refractivity contribution in [3.63, 3.8) is 0 Å². The molecule has 0 aliphatic carbocycles. The molecular weight excluding hydrogens is 405 g/mol. The minimum absolute atomic E-state index is 0.0455. The van der Waals surface area contributed by atoms with Gasteiger partial charge in [-0.25, -0.2) is 4.39 Å². The number of benzene rings is 3. The molecule has 5 nitrogen and oxygen atoms in total. The maximum Gasteiger partial charge on any atom is 0.142 e. The minimum Gasteiger partial charge on any atom is -0.495 e. The quantitative estimate of drug-likeness (QED) is 0.554. The molecule has 4 rings (SSSR count). The molecule has 0 amide bonds. The van der Waals surface area contributed by atoms with E-state index in [1.54, 1.807) is 19.2 Å². The molecule has 3 aromatic rings. The number of methoxy groups -OCH3 is 1. The van der Waals surface area contributed by atoms with Gasteiger partial charge in [0.25, 0.3) is 0 Å². The van der Waals surface area contributed by atoms with Crippen molar-refractivity contribution in [2.24, 2.45) is 0 Å². The van der Waals surface area contributed by atoms with Gasteiger partial charge in [-0.15, -0.1) is 0 Å². The Hall–Kier alpha value is -2.98. The topological polar surface area (TPSA) is 48.7 Å². The number of fused-ring (bicyclic) bond motifs is 1. The molecule has 1 fully saturated rings. The van der Waals surface area contributed by atoms with E-state index < -0.39 is 0 Å². The lowest BCUT2D eigenvalue weighted by Crippen LogP contribution is -2.47. The molecule has 1 atom stereocenters. The van der Waals surface area contributed by atoms with Crippen LogP contribution in [0.3, 0.4) is 0 Å². The second-order valence-electron chi connectivity index (χ2n) is 8.19. The number of rotatable bonds is 7. The highest BCUT2D eigenvalue weighted by atomic mass is 19.1. The van der Waals surface area contributed by atoms with Crippen molar-refractivity contribution in [1.82, 2.24) is 9.80 Å². The number of likely N-dealkylation sites (N-methyl/N-ethyl adjacent to an activating group) is 1. The summed E-state index contributed by atoms with van der Waals surface area (Å²) in [5, 5.41) is 11.6. The Labute approximate surface area is 188 Å². The molecule has 1 saturated heterocycles. The highest BCUT2D eigenvalue weighted by Gasteiger charge is 2.25. The fourth-order valence-electron chi connectivity index (χ4n) is 4.40. The lowest BCUT2D eigenvalue weighted by atomic mass is 10.00. The van der Waals surface area contributed by atoms with Crippen LogP contribution >= 0.6 is 0 Å². The molecule has 166 valence electrons. The van der Waals surface area contributed by atoms with Crippen molar-refractivity contribution < 1.29 is 13.9 Å². The van der Waals surface area contributed by atoms with Crippen LogP contribution in [0.2, 0.25) is 0 Å². The Bertz CT molecular complexity index is 1120. The SMILES string of the molecule is COc1c(C#N)cc2ccccc2c1COCC(c1cccc(F)c1)N1CCN(C)CC1. The highest BCUT2D eigenvalue weighted by Crippen LogP contribution is 2.33. The van der Waals surface area contributed by atoms with Crippen molar-refractivity contribution in [3.8, 4) is 11.8 Å². The molecule has 0 radical (unpaired) electrons. The van der Waals surface area contributed by atoms with Gasteiger partial charge in [-0.05, 0) is 41.6 Å². The van der Waals surface area contributed by atoms with E-state index in [2.05, 4.69) is 22.9 Å². The number of halogens is 1. The molecule has 3 aromatic carbocycles. The van der Waals surface area contributed by atoms with Crippen molar-refractivity contribution in [2.75, 3.05) is 46.9 Å². The van der Waals surface area contributed by atoms with Crippen molar-refractivity contribution in [3.05, 3.63) is 77.1 Å². The Balaban J connectivity index is 1.59. The van der Waals surface area contributed by atoms with Gasteiger partial charge >= 0.3 is 0 Å². The van der Waals surface area contributed by atoms with Crippen LogP contribution in [0.25, 0.3) is 10.8 Å². The summed E-state index contributed by atoms with van der Waals surface area (Å²) in [5.41, 5.74) is 2.27. The maximum absolute atomic E-state index is 14.0. The smallest absolute Gasteiger partial charge is 0.142 e. The summed E-state index contributed by atoms with van der Waals surface area (Å²) in [4.78, 5) is 4.65. The predicted octanol–water partition coefficient (Wildman–Crippen LogP) is 4.36. The molecule has 0 spiro atoms. The van der Waals surface area contributed by atoms with E-state index in [0.717, 1.165) is 48.1 Å². The van der Waals surface area contributed by atoms with Crippen LogP contribution in [0, 0.1) is 17.1 Å². The van der Waals surface area contributed by atoms with E-state index in [-0.39, 0.29) is 11.9 Å². The fraction of sp³-hybridized carbons (Fsp3) is 0.346. The molecule has 1 aliphatic rings. The molecule has 1 aliphatic heterocycles. The van der Waals surface area contributed by atoms with Crippen molar-refractivity contribution >= 4 is 10.8 Å². The van der Waals surface area contributed by atoms with Gasteiger partial charge in [0, 0.05) is 31.7 Å². The average molecular weight is 434 g/mol. The van der Waals surface area contributed by atoms with E-state index in [9.17, 15) is 9.65 Å². The summed E-state index contributed by atoms with van der Waals surface area (Å²) in [6.45, 7) is 4.46. The standard InChI is InChI=1S/C26H28FN3O2/c1-29-10-12-30(13-11-29)25(20-7-5-8-22(27)15-20)18-32-17-24-23-9-4-3-6-19(23)14-21(16-28)26(24)31-2/h3-9,14-15,25H,10-13,17-18H2,1-2H3. The van der Waals surface area contributed by atoms with Gasteiger partial charge in [-0.2, -0.15) is 5.26 Å². The molecule has 0 saturated carbocycles. The van der Waals surface area contributed by atoms with Crippen LogP contribution in [0.15, 0.2) is 54.6 Å². The number of piperazine rings is 1. The van der Waals surface area contributed by atoms with E-state index >= 15 is 0 Å². The molecule has 1 heterocycles. The molecular formula is C26H28FN3O2. The largest absolute Gasteiger partial charge is 0.495 e. The van der Waals surface area contributed by atoms with Gasteiger partial charge < -0.3 is 14.4 Å². The second-order valence-corrected chi connectivity index (χ2v) is 8.19. The van der Waals surface area contributed by atoms with Crippen LogP contribution in [0.4, 0.5) is 4.39 Å². The zero-order valence-electron chi connectivity index (χ0n) is 18.6. The summed E-state index contributed by atoms with van der Waals surface area (Å²) in [6.07, 6.45) is 0. The summed E-state index contributed by atoms with van der Waals surface area (Å²) >= 11 is 0. The first-order valence-corrected chi connectivity index (χ1v) is 10.8. The highest BCUT2D eigenvalue weighted by molar-refractivity contribution is 5.89. The summed E-state index contributed by atoms with van der Waals surface area (Å²) in [6, 6.07) is 18.7. The van der Waals surface area contributed by atoms with E-state index in [4.69, 9.17) is 9.47 Å². The van der Waals surface area contributed by atoms with Crippen LogP contribution in [-0.4, -0.2) is 56.7 Å². The molecule has 0 aromatic heterocycles. The Morgan fingerprint density at radius 1 is 1.06 bits per heavy atom. The second kappa shape index (κ2) is 10.1. The van der Waals surface area contributed by atoms with Crippen LogP contribution in [0.1, 0.15) is 22.7 Å². The molecule has 0 N–H and O–H groups in total. The lowest BCUT2D eigenvalue weighted by molar-refractivity contribution is 0.0287. The number of hydrogen-bond donors (Lipinski definition) is 0. The zero-order valence-corrected chi connectivity index (χ0v) is 18.6.